The molecule has 0 aliphatic heterocycles. The van der Waals surface area contributed by atoms with Gasteiger partial charge in [0.2, 0.25) is 0 Å². The topological polar surface area (TPSA) is 26.0 Å². The number of halogens is 3. The minimum absolute atomic E-state index is 0. The molecule has 0 saturated heterocycles. The van der Waals surface area contributed by atoms with Crippen LogP contribution in [0, 0.1) is 0 Å². The highest BCUT2D eigenvalue weighted by Gasteiger charge is 2.18. The Morgan fingerprint density at radius 3 is 2.25 bits per heavy atom. The van der Waals surface area contributed by atoms with Gasteiger partial charge in [0.05, 0.1) is 6.04 Å². The fourth-order valence-electron chi connectivity index (χ4n) is 1.68. The first-order chi connectivity index (χ1) is 7.20. The van der Waals surface area contributed by atoms with Gasteiger partial charge in [0.25, 0.3) is 6.43 Å². The molecule has 0 radical (unpaired) electrons. The maximum absolute atomic E-state index is 12.5. The molecule has 2 aromatic carbocycles. The molecule has 86 valence electrons. The highest BCUT2D eigenvalue weighted by atomic mass is 35.5. The van der Waals surface area contributed by atoms with Gasteiger partial charge in [-0.25, -0.2) is 8.78 Å². The highest BCUT2D eigenvalue weighted by Crippen LogP contribution is 2.26. The molecule has 0 heterocycles. The van der Waals surface area contributed by atoms with E-state index in [2.05, 4.69) is 0 Å². The number of fused-ring (bicyclic) bond motifs is 1. The van der Waals surface area contributed by atoms with Gasteiger partial charge in [-0.3, -0.25) is 0 Å². The van der Waals surface area contributed by atoms with Crippen LogP contribution in [0.1, 0.15) is 11.6 Å². The van der Waals surface area contributed by atoms with Crippen LogP contribution >= 0.6 is 12.4 Å². The molecule has 2 aromatic rings. The molecule has 4 heteroatoms. The smallest absolute Gasteiger partial charge is 0.257 e. The second kappa shape index (κ2) is 5.23. The summed E-state index contributed by atoms with van der Waals surface area (Å²) in [6.45, 7) is 0. The third kappa shape index (κ3) is 2.31. The molecule has 0 aromatic heterocycles. The van der Waals surface area contributed by atoms with Crippen LogP contribution in [0.3, 0.4) is 0 Å². The molecule has 1 nitrogen and oxygen atoms in total. The van der Waals surface area contributed by atoms with Crippen LogP contribution < -0.4 is 5.73 Å². The quantitative estimate of drug-likeness (QED) is 0.858. The lowest BCUT2D eigenvalue weighted by Crippen LogP contribution is -2.19. The van der Waals surface area contributed by atoms with E-state index >= 15 is 0 Å². The first kappa shape index (κ1) is 12.9. The maximum Gasteiger partial charge on any atom is 0.257 e. The summed E-state index contributed by atoms with van der Waals surface area (Å²) in [5.41, 5.74) is 5.96. The van der Waals surface area contributed by atoms with Gasteiger partial charge in [-0.05, 0) is 16.3 Å². The van der Waals surface area contributed by atoms with Gasteiger partial charge in [-0.15, -0.1) is 12.4 Å². The third-order valence-corrected chi connectivity index (χ3v) is 2.45. The minimum atomic E-state index is -2.53. The van der Waals surface area contributed by atoms with Crippen molar-refractivity contribution in [1.82, 2.24) is 0 Å². The number of hydrogen-bond donors (Lipinski definition) is 1. The summed E-state index contributed by atoms with van der Waals surface area (Å²) >= 11 is 0. The zero-order valence-corrected chi connectivity index (χ0v) is 9.25. The van der Waals surface area contributed by atoms with Crippen molar-refractivity contribution < 1.29 is 8.78 Å². The van der Waals surface area contributed by atoms with Crippen molar-refractivity contribution in [3.05, 3.63) is 48.0 Å². The van der Waals surface area contributed by atoms with Gasteiger partial charge >= 0.3 is 0 Å². The third-order valence-electron chi connectivity index (χ3n) is 2.45. The summed E-state index contributed by atoms with van der Waals surface area (Å²) in [4.78, 5) is 0. The summed E-state index contributed by atoms with van der Waals surface area (Å²) in [7, 11) is 0. The molecule has 16 heavy (non-hydrogen) atoms. The normalized spacial score (nSPS) is 12.5. The van der Waals surface area contributed by atoms with E-state index in [4.69, 9.17) is 5.73 Å². The van der Waals surface area contributed by atoms with E-state index in [1.807, 2.05) is 30.3 Å². The first-order valence-corrected chi connectivity index (χ1v) is 4.71. The Kier molecular flexibility index (Phi) is 4.21. The fraction of sp³-hybridized carbons (Fsp3) is 0.167. The first-order valence-electron chi connectivity index (χ1n) is 4.71. The Hall–Kier alpha value is -1.19. The van der Waals surface area contributed by atoms with E-state index in [0.29, 0.717) is 5.56 Å². The molecule has 0 aliphatic carbocycles. The van der Waals surface area contributed by atoms with Crippen molar-refractivity contribution in [2.24, 2.45) is 5.73 Å². The Morgan fingerprint density at radius 2 is 1.56 bits per heavy atom. The summed E-state index contributed by atoms with van der Waals surface area (Å²) in [5, 5.41) is 1.74. The van der Waals surface area contributed by atoms with Crippen molar-refractivity contribution in [1.29, 1.82) is 0 Å². The van der Waals surface area contributed by atoms with E-state index in [1.165, 1.54) is 0 Å². The van der Waals surface area contributed by atoms with E-state index in [9.17, 15) is 8.78 Å². The van der Waals surface area contributed by atoms with Gasteiger partial charge in [0.1, 0.15) is 0 Å². The molecule has 0 unspecified atom stereocenters. The average Bonchev–Trinajstić information content (AvgIpc) is 2.27. The lowest BCUT2D eigenvalue weighted by molar-refractivity contribution is 0.117. The number of benzene rings is 2. The molecule has 2 rings (SSSR count). The monoisotopic (exact) mass is 243 g/mol. The second-order valence-electron chi connectivity index (χ2n) is 3.43. The van der Waals surface area contributed by atoms with Crippen molar-refractivity contribution in [3.8, 4) is 0 Å². The van der Waals surface area contributed by atoms with Crippen LogP contribution in [-0.2, 0) is 0 Å². The van der Waals surface area contributed by atoms with Crippen LogP contribution in [0.2, 0.25) is 0 Å². The van der Waals surface area contributed by atoms with E-state index in [1.54, 1.807) is 12.1 Å². The summed E-state index contributed by atoms with van der Waals surface area (Å²) < 4.78 is 25.0. The summed E-state index contributed by atoms with van der Waals surface area (Å²) in [6.07, 6.45) is -2.53. The number of rotatable bonds is 2. The Bertz CT molecular complexity index is 468. The predicted octanol–water partition coefficient (Wildman–Crippen LogP) is 3.53. The largest absolute Gasteiger partial charge is 0.319 e. The van der Waals surface area contributed by atoms with Gasteiger partial charge in [-0.1, -0.05) is 42.5 Å². The Labute approximate surface area is 98.7 Å². The van der Waals surface area contributed by atoms with Crippen LogP contribution in [0.25, 0.3) is 10.8 Å². The lowest BCUT2D eigenvalue weighted by atomic mass is 9.99. The zero-order chi connectivity index (χ0) is 10.8. The standard InChI is InChI=1S/C12H11F2N.ClH/c13-12(14)11(15)10-7-3-5-8-4-1-2-6-9(8)10;/h1-7,11-12H,15H2;1H/t11-;/m1./s1. The van der Waals surface area contributed by atoms with Crippen molar-refractivity contribution >= 4 is 23.2 Å². The van der Waals surface area contributed by atoms with Crippen LogP contribution in [0.4, 0.5) is 8.78 Å². The number of hydrogen-bond acceptors (Lipinski definition) is 1. The molecule has 0 aliphatic rings. The van der Waals surface area contributed by atoms with Gasteiger partial charge in [0, 0.05) is 0 Å². The molecule has 0 amide bonds. The van der Waals surface area contributed by atoms with Gasteiger partial charge in [-0.2, -0.15) is 0 Å². The van der Waals surface area contributed by atoms with E-state index < -0.39 is 12.5 Å². The van der Waals surface area contributed by atoms with Crippen LogP contribution in [0.5, 0.6) is 0 Å². The summed E-state index contributed by atoms with van der Waals surface area (Å²) in [5.74, 6) is 0. The molecule has 0 spiro atoms. The SMILES string of the molecule is Cl.N[C@H](c1cccc2ccccc12)C(F)F. The molecule has 0 fully saturated rings. The zero-order valence-electron chi connectivity index (χ0n) is 8.44. The van der Waals surface area contributed by atoms with E-state index in [0.717, 1.165) is 10.8 Å². The molecule has 1 atom stereocenters. The van der Waals surface area contributed by atoms with Crippen molar-refractivity contribution in [2.45, 2.75) is 12.5 Å². The van der Waals surface area contributed by atoms with Crippen LogP contribution in [0.15, 0.2) is 42.5 Å². The predicted molar refractivity (Wildman–Crippen MR) is 64.1 cm³/mol. The minimum Gasteiger partial charge on any atom is -0.319 e. The van der Waals surface area contributed by atoms with Crippen molar-refractivity contribution in [3.63, 3.8) is 0 Å². The van der Waals surface area contributed by atoms with Crippen LogP contribution in [-0.4, -0.2) is 6.43 Å². The Balaban J connectivity index is 0.00000128. The fourth-order valence-corrected chi connectivity index (χ4v) is 1.68. The molecule has 0 saturated carbocycles. The highest BCUT2D eigenvalue weighted by molar-refractivity contribution is 5.86. The lowest BCUT2D eigenvalue weighted by Gasteiger charge is -2.13. The molecule has 2 N–H and O–H groups in total. The number of alkyl halides is 2. The van der Waals surface area contributed by atoms with Gasteiger partial charge in [0.15, 0.2) is 0 Å². The number of nitrogens with two attached hydrogens (primary N) is 1. The molecule has 0 bridgehead atoms. The van der Waals surface area contributed by atoms with Crippen molar-refractivity contribution in [2.75, 3.05) is 0 Å². The molecular weight excluding hydrogens is 232 g/mol. The molecular formula is C12H12ClF2N. The average molecular weight is 244 g/mol. The Morgan fingerprint density at radius 1 is 0.938 bits per heavy atom. The second-order valence-corrected chi connectivity index (χ2v) is 3.43. The maximum atomic E-state index is 12.5. The van der Waals surface area contributed by atoms with E-state index in [-0.39, 0.29) is 12.4 Å². The van der Waals surface area contributed by atoms with Gasteiger partial charge < -0.3 is 5.73 Å². The summed E-state index contributed by atoms with van der Waals surface area (Å²) in [6, 6.07) is 11.5.